The Hall–Kier alpha value is -2.39. The first kappa shape index (κ1) is 15.0. The van der Waals surface area contributed by atoms with Crippen molar-refractivity contribution in [3.63, 3.8) is 0 Å². The van der Waals surface area contributed by atoms with E-state index in [4.69, 9.17) is 9.84 Å². The van der Waals surface area contributed by atoms with Crippen LogP contribution in [0.2, 0.25) is 0 Å². The van der Waals surface area contributed by atoms with Gasteiger partial charge >= 0.3 is 5.97 Å². The van der Waals surface area contributed by atoms with Gasteiger partial charge in [-0.3, -0.25) is 5.10 Å². The normalized spacial score (nSPS) is 11.3. The van der Waals surface area contributed by atoms with Crippen molar-refractivity contribution in [2.24, 2.45) is 0 Å². The molecule has 1 aromatic carbocycles. The highest BCUT2D eigenvalue weighted by atomic mass is 32.2. The molecular formula is C12H13N3O5S. The van der Waals surface area contributed by atoms with E-state index in [1.807, 2.05) is 0 Å². The summed E-state index contributed by atoms with van der Waals surface area (Å²) in [6, 6.07) is 6.79. The fourth-order valence-corrected chi connectivity index (χ4v) is 2.73. The fourth-order valence-electron chi connectivity index (χ4n) is 1.63. The van der Waals surface area contributed by atoms with Crippen LogP contribution in [-0.2, 0) is 16.6 Å². The van der Waals surface area contributed by atoms with E-state index in [1.54, 1.807) is 24.3 Å². The highest BCUT2D eigenvalue weighted by molar-refractivity contribution is 7.89. The summed E-state index contributed by atoms with van der Waals surface area (Å²) < 4.78 is 31.4. The molecular weight excluding hydrogens is 298 g/mol. The second kappa shape index (κ2) is 5.94. The summed E-state index contributed by atoms with van der Waals surface area (Å²) in [4.78, 5) is 10.9. The Labute approximate surface area is 120 Å². The topological polar surface area (TPSA) is 121 Å². The zero-order valence-corrected chi connectivity index (χ0v) is 11.8. The Balaban J connectivity index is 2.14. The zero-order chi connectivity index (χ0) is 15.5. The van der Waals surface area contributed by atoms with Crippen LogP contribution in [0.3, 0.4) is 0 Å². The Morgan fingerprint density at radius 2 is 2.05 bits per heavy atom. The predicted octanol–water partition coefficient (Wildman–Crippen LogP) is 0.595. The van der Waals surface area contributed by atoms with Gasteiger partial charge in [-0.15, -0.1) is 0 Å². The maximum atomic E-state index is 12.0. The van der Waals surface area contributed by atoms with Crippen molar-refractivity contribution >= 4 is 16.0 Å². The van der Waals surface area contributed by atoms with E-state index in [-0.39, 0.29) is 6.54 Å². The van der Waals surface area contributed by atoms with Crippen molar-refractivity contribution in [2.75, 3.05) is 7.11 Å². The number of carboxylic acids is 1. The third-order valence-electron chi connectivity index (χ3n) is 2.72. The zero-order valence-electron chi connectivity index (χ0n) is 11.0. The average molecular weight is 311 g/mol. The van der Waals surface area contributed by atoms with E-state index in [9.17, 15) is 13.2 Å². The number of methoxy groups -OCH3 is 1. The summed E-state index contributed by atoms with van der Waals surface area (Å²) in [6.07, 6.45) is 1.02. The van der Waals surface area contributed by atoms with Gasteiger partial charge in [0.25, 0.3) is 10.0 Å². The van der Waals surface area contributed by atoms with Gasteiger partial charge in [0.2, 0.25) is 5.03 Å². The standard InChI is InChI=1S/C12H13N3O5S/c1-20-9-4-2-8(3-5-9)6-14-21(18,19)11-10(12(16)17)7-13-15-11/h2-5,7,14H,6H2,1H3,(H,13,15)(H,16,17). The number of hydrogen-bond acceptors (Lipinski definition) is 5. The average Bonchev–Trinajstić information content (AvgIpc) is 2.96. The van der Waals surface area contributed by atoms with Crippen LogP contribution in [0, 0.1) is 0 Å². The van der Waals surface area contributed by atoms with Crippen LogP contribution in [0.25, 0.3) is 0 Å². The molecule has 1 heterocycles. The second-order valence-corrected chi connectivity index (χ2v) is 5.76. The lowest BCUT2D eigenvalue weighted by molar-refractivity contribution is 0.0692. The first-order chi connectivity index (χ1) is 9.94. The van der Waals surface area contributed by atoms with E-state index < -0.39 is 26.6 Å². The van der Waals surface area contributed by atoms with Crippen molar-refractivity contribution in [2.45, 2.75) is 11.6 Å². The van der Waals surface area contributed by atoms with Gasteiger partial charge in [-0.25, -0.2) is 17.9 Å². The van der Waals surface area contributed by atoms with Crippen molar-refractivity contribution < 1.29 is 23.1 Å². The molecule has 9 heteroatoms. The SMILES string of the molecule is COc1ccc(CNS(=O)(=O)c2n[nH]cc2C(=O)O)cc1. The number of nitrogens with one attached hydrogen (secondary N) is 2. The molecule has 0 aliphatic rings. The highest BCUT2D eigenvalue weighted by Gasteiger charge is 2.25. The van der Waals surface area contributed by atoms with Gasteiger partial charge in [0.05, 0.1) is 7.11 Å². The molecule has 0 aliphatic heterocycles. The molecule has 3 N–H and O–H groups in total. The minimum Gasteiger partial charge on any atom is -0.497 e. The van der Waals surface area contributed by atoms with E-state index in [0.717, 1.165) is 6.20 Å². The third kappa shape index (κ3) is 3.38. The first-order valence-electron chi connectivity index (χ1n) is 5.83. The van der Waals surface area contributed by atoms with Crippen molar-refractivity contribution in [3.8, 4) is 5.75 Å². The molecule has 8 nitrogen and oxygen atoms in total. The molecule has 0 radical (unpaired) electrons. The summed E-state index contributed by atoms with van der Waals surface area (Å²) in [5.74, 6) is -0.712. The van der Waals surface area contributed by atoms with Crippen molar-refractivity contribution in [1.82, 2.24) is 14.9 Å². The number of sulfonamides is 1. The fraction of sp³-hybridized carbons (Fsp3) is 0.167. The van der Waals surface area contributed by atoms with Gasteiger partial charge in [-0.05, 0) is 17.7 Å². The van der Waals surface area contributed by atoms with Gasteiger partial charge in [0, 0.05) is 12.7 Å². The maximum Gasteiger partial charge on any atom is 0.340 e. The van der Waals surface area contributed by atoms with E-state index in [1.165, 1.54) is 7.11 Å². The lowest BCUT2D eigenvalue weighted by atomic mass is 10.2. The molecule has 0 unspecified atom stereocenters. The molecule has 0 fully saturated rings. The molecule has 0 amide bonds. The Morgan fingerprint density at radius 3 is 2.62 bits per heavy atom. The van der Waals surface area contributed by atoms with Crippen LogP contribution in [0.5, 0.6) is 5.75 Å². The molecule has 0 spiro atoms. The van der Waals surface area contributed by atoms with Gasteiger partial charge < -0.3 is 9.84 Å². The number of hydrogen-bond donors (Lipinski definition) is 3. The molecule has 2 rings (SSSR count). The molecule has 1 aromatic heterocycles. The molecule has 0 atom stereocenters. The number of carbonyl (C=O) groups is 1. The molecule has 21 heavy (non-hydrogen) atoms. The maximum absolute atomic E-state index is 12.0. The summed E-state index contributed by atoms with van der Waals surface area (Å²) >= 11 is 0. The van der Waals surface area contributed by atoms with Crippen LogP contribution in [0.4, 0.5) is 0 Å². The van der Waals surface area contributed by atoms with Crippen LogP contribution in [0.15, 0.2) is 35.5 Å². The van der Waals surface area contributed by atoms with E-state index in [0.29, 0.717) is 11.3 Å². The number of benzene rings is 1. The van der Waals surface area contributed by atoms with Gasteiger partial charge in [-0.1, -0.05) is 12.1 Å². The highest BCUT2D eigenvalue weighted by Crippen LogP contribution is 2.14. The third-order valence-corrected chi connectivity index (χ3v) is 4.06. The minimum absolute atomic E-state index is 0.0121. The number of ether oxygens (including phenoxy) is 1. The predicted molar refractivity (Wildman–Crippen MR) is 72.6 cm³/mol. The summed E-state index contributed by atoms with van der Waals surface area (Å²) in [6.45, 7) is 0.0121. The quantitative estimate of drug-likeness (QED) is 0.718. The molecule has 0 saturated heterocycles. The number of nitrogens with zero attached hydrogens (tertiary/aromatic N) is 1. The first-order valence-corrected chi connectivity index (χ1v) is 7.32. The van der Waals surface area contributed by atoms with Crippen LogP contribution in [0.1, 0.15) is 15.9 Å². The number of aromatic nitrogens is 2. The smallest absolute Gasteiger partial charge is 0.340 e. The van der Waals surface area contributed by atoms with Crippen molar-refractivity contribution in [3.05, 3.63) is 41.6 Å². The van der Waals surface area contributed by atoms with Gasteiger partial charge in [0.1, 0.15) is 11.3 Å². The molecule has 2 aromatic rings. The summed E-state index contributed by atoms with van der Waals surface area (Å²) in [7, 11) is -2.48. The molecule has 0 aliphatic carbocycles. The van der Waals surface area contributed by atoms with Crippen LogP contribution in [-0.4, -0.2) is 36.8 Å². The molecule has 0 bridgehead atoms. The summed E-state index contributed by atoms with van der Waals surface area (Å²) in [5.41, 5.74) is 0.295. The van der Waals surface area contributed by atoms with Gasteiger partial charge in [-0.2, -0.15) is 5.10 Å². The number of rotatable bonds is 6. The second-order valence-electron chi connectivity index (χ2n) is 4.08. The number of aromatic amines is 1. The minimum atomic E-state index is -4.01. The molecule has 112 valence electrons. The number of aromatic carboxylic acids is 1. The Kier molecular flexibility index (Phi) is 4.24. The largest absolute Gasteiger partial charge is 0.497 e. The number of H-pyrrole nitrogens is 1. The molecule has 0 saturated carbocycles. The van der Waals surface area contributed by atoms with Crippen LogP contribution >= 0.6 is 0 Å². The lowest BCUT2D eigenvalue weighted by Crippen LogP contribution is -2.25. The van der Waals surface area contributed by atoms with E-state index in [2.05, 4.69) is 14.9 Å². The lowest BCUT2D eigenvalue weighted by Gasteiger charge is -2.06. The van der Waals surface area contributed by atoms with E-state index >= 15 is 0 Å². The monoisotopic (exact) mass is 311 g/mol. The summed E-state index contributed by atoms with van der Waals surface area (Å²) in [5, 5.41) is 14.1. The van der Waals surface area contributed by atoms with Gasteiger partial charge in [0.15, 0.2) is 0 Å². The Morgan fingerprint density at radius 1 is 1.38 bits per heavy atom. The van der Waals surface area contributed by atoms with Crippen LogP contribution < -0.4 is 9.46 Å². The number of carboxylic acid groups (broad SMARTS) is 1. The van der Waals surface area contributed by atoms with Crippen molar-refractivity contribution in [1.29, 1.82) is 0 Å². The Bertz CT molecular complexity index is 737.